The molecule has 0 aliphatic heterocycles. The number of nitrogens with two attached hydrogens (primary N) is 1. The van der Waals surface area contributed by atoms with Crippen LogP contribution in [0.1, 0.15) is 17.4 Å². The van der Waals surface area contributed by atoms with Crippen LogP contribution in [0.5, 0.6) is 0 Å². The monoisotopic (exact) mass is 267 g/mol. The average molecular weight is 268 g/mol. The van der Waals surface area contributed by atoms with Gasteiger partial charge in [0.15, 0.2) is 0 Å². The number of anilines is 1. The van der Waals surface area contributed by atoms with Crippen molar-refractivity contribution in [1.29, 1.82) is 0 Å². The first-order valence-corrected chi connectivity index (χ1v) is 5.20. The number of nitrogen functional groups attached to an aromatic ring is 1. The van der Waals surface area contributed by atoms with Crippen LogP contribution in [-0.2, 0) is 0 Å². The first kappa shape index (κ1) is 10.2. The molecular weight excluding hydrogens is 258 g/mol. The molecule has 1 aromatic carbocycles. The van der Waals surface area contributed by atoms with E-state index in [0.717, 1.165) is 4.47 Å². The second-order valence-electron chi connectivity index (χ2n) is 3.19. The Kier molecular flexibility index (Phi) is 2.75. The van der Waals surface area contributed by atoms with E-state index in [1.807, 2.05) is 6.07 Å². The van der Waals surface area contributed by atoms with Gasteiger partial charge in [-0.15, -0.1) is 0 Å². The maximum absolute atomic E-state index is 10.0. The molecule has 0 aliphatic carbocycles. The summed E-state index contributed by atoms with van der Waals surface area (Å²) in [6.45, 7) is 0. The topological polar surface area (TPSA) is 74.9 Å². The molecule has 4 N–H and O–H groups in total. The fourth-order valence-electron chi connectivity index (χ4n) is 1.37. The van der Waals surface area contributed by atoms with E-state index in [1.54, 1.807) is 24.4 Å². The van der Waals surface area contributed by atoms with E-state index in [2.05, 4.69) is 26.1 Å². The van der Waals surface area contributed by atoms with Crippen LogP contribution in [0.4, 0.5) is 5.69 Å². The Bertz CT molecular complexity index is 456. The Morgan fingerprint density at radius 1 is 1.40 bits per heavy atom. The number of H-pyrrole nitrogens is 1. The fraction of sp³-hybridized carbons (Fsp3) is 0.100. The molecule has 0 amide bonds. The van der Waals surface area contributed by atoms with Gasteiger partial charge < -0.3 is 10.8 Å². The highest BCUT2D eigenvalue weighted by molar-refractivity contribution is 9.10. The molecule has 0 bridgehead atoms. The van der Waals surface area contributed by atoms with Crippen LogP contribution < -0.4 is 5.73 Å². The molecule has 0 radical (unpaired) electrons. The summed E-state index contributed by atoms with van der Waals surface area (Å²) in [5, 5.41) is 16.5. The summed E-state index contributed by atoms with van der Waals surface area (Å²) in [7, 11) is 0. The van der Waals surface area contributed by atoms with Gasteiger partial charge in [-0.2, -0.15) is 5.10 Å². The molecule has 0 saturated carbocycles. The summed E-state index contributed by atoms with van der Waals surface area (Å²) in [6, 6.07) is 7.09. The molecule has 5 heteroatoms. The molecule has 0 spiro atoms. The van der Waals surface area contributed by atoms with Gasteiger partial charge in [-0.25, -0.2) is 0 Å². The number of aliphatic hydroxyl groups excluding tert-OH is 1. The number of benzene rings is 1. The van der Waals surface area contributed by atoms with Gasteiger partial charge in [0.2, 0.25) is 0 Å². The van der Waals surface area contributed by atoms with Crippen LogP contribution in [0.25, 0.3) is 0 Å². The Balaban J connectivity index is 2.41. The van der Waals surface area contributed by atoms with Crippen molar-refractivity contribution in [1.82, 2.24) is 10.2 Å². The number of hydrogen-bond acceptors (Lipinski definition) is 3. The molecule has 2 rings (SSSR count). The number of hydrogen-bond donors (Lipinski definition) is 3. The average Bonchev–Trinajstić information content (AvgIpc) is 2.74. The molecule has 1 heterocycles. The Morgan fingerprint density at radius 2 is 2.20 bits per heavy atom. The van der Waals surface area contributed by atoms with Crippen molar-refractivity contribution >= 4 is 21.6 Å². The number of rotatable bonds is 2. The Hall–Kier alpha value is -1.33. The smallest absolute Gasteiger partial charge is 0.122 e. The molecule has 15 heavy (non-hydrogen) atoms. The van der Waals surface area contributed by atoms with E-state index in [1.165, 1.54) is 0 Å². The number of aromatic nitrogens is 2. The summed E-state index contributed by atoms with van der Waals surface area (Å²) < 4.78 is 0.880. The molecule has 0 saturated heterocycles. The lowest BCUT2D eigenvalue weighted by molar-refractivity contribution is 0.216. The summed E-state index contributed by atoms with van der Waals surface area (Å²) in [6.07, 6.45) is 0.817. The van der Waals surface area contributed by atoms with Crippen molar-refractivity contribution in [3.63, 3.8) is 0 Å². The van der Waals surface area contributed by atoms with Crippen molar-refractivity contribution in [3.8, 4) is 0 Å². The highest BCUT2D eigenvalue weighted by Gasteiger charge is 2.14. The predicted molar refractivity (Wildman–Crippen MR) is 61.2 cm³/mol. The minimum Gasteiger partial charge on any atom is -0.398 e. The van der Waals surface area contributed by atoms with Crippen LogP contribution in [0.2, 0.25) is 0 Å². The van der Waals surface area contributed by atoms with Gasteiger partial charge in [0, 0.05) is 21.9 Å². The zero-order chi connectivity index (χ0) is 10.8. The molecule has 1 atom stereocenters. The third kappa shape index (κ3) is 2.03. The molecule has 78 valence electrons. The molecule has 2 aromatic rings. The summed E-state index contributed by atoms with van der Waals surface area (Å²) >= 11 is 3.34. The maximum atomic E-state index is 10.0. The van der Waals surface area contributed by atoms with Crippen molar-refractivity contribution in [2.45, 2.75) is 6.10 Å². The number of halogens is 1. The number of nitrogens with zero attached hydrogens (tertiary/aromatic N) is 1. The van der Waals surface area contributed by atoms with Crippen LogP contribution in [0, 0.1) is 0 Å². The summed E-state index contributed by atoms with van der Waals surface area (Å²) in [5.74, 6) is 0. The van der Waals surface area contributed by atoms with Crippen LogP contribution >= 0.6 is 15.9 Å². The lowest BCUT2D eigenvalue weighted by Crippen LogP contribution is -2.04. The number of aliphatic hydroxyl groups is 1. The second kappa shape index (κ2) is 4.04. The minimum atomic E-state index is -0.773. The summed E-state index contributed by atoms with van der Waals surface area (Å²) in [5.41, 5.74) is 7.62. The SMILES string of the molecule is Nc1ccc(Br)cc1C(O)c1ccn[nH]1. The zero-order valence-electron chi connectivity index (χ0n) is 7.81. The number of nitrogens with one attached hydrogen (secondary N) is 1. The van der Waals surface area contributed by atoms with E-state index in [0.29, 0.717) is 16.9 Å². The zero-order valence-corrected chi connectivity index (χ0v) is 9.40. The van der Waals surface area contributed by atoms with Gasteiger partial charge >= 0.3 is 0 Å². The third-order valence-electron chi connectivity index (χ3n) is 2.16. The quantitative estimate of drug-likeness (QED) is 0.727. The Labute approximate surface area is 95.3 Å². The van der Waals surface area contributed by atoms with Gasteiger partial charge in [-0.05, 0) is 24.3 Å². The minimum absolute atomic E-state index is 0.556. The maximum Gasteiger partial charge on any atom is 0.122 e. The van der Waals surface area contributed by atoms with Crippen molar-refractivity contribution in [2.24, 2.45) is 0 Å². The Morgan fingerprint density at radius 3 is 2.87 bits per heavy atom. The normalized spacial score (nSPS) is 12.7. The lowest BCUT2D eigenvalue weighted by Gasteiger charge is -2.11. The second-order valence-corrected chi connectivity index (χ2v) is 4.10. The van der Waals surface area contributed by atoms with Crippen LogP contribution in [-0.4, -0.2) is 15.3 Å². The van der Waals surface area contributed by atoms with E-state index in [-0.39, 0.29) is 0 Å². The summed E-state index contributed by atoms with van der Waals surface area (Å²) in [4.78, 5) is 0. The van der Waals surface area contributed by atoms with Gasteiger partial charge in [0.25, 0.3) is 0 Å². The van der Waals surface area contributed by atoms with Gasteiger partial charge in [0.05, 0.1) is 5.69 Å². The molecule has 0 fully saturated rings. The van der Waals surface area contributed by atoms with Crippen LogP contribution in [0.3, 0.4) is 0 Å². The standard InChI is InChI=1S/C10H10BrN3O/c11-6-1-2-8(12)7(5-6)10(15)9-3-4-13-14-9/h1-5,10,15H,12H2,(H,13,14). The van der Waals surface area contributed by atoms with Gasteiger partial charge in [-0.3, -0.25) is 5.10 Å². The van der Waals surface area contributed by atoms with Gasteiger partial charge in [0.1, 0.15) is 6.10 Å². The van der Waals surface area contributed by atoms with E-state index in [4.69, 9.17) is 5.73 Å². The third-order valence-corrected chi connectivity index (χ3v) is 2.65. The van der Waals surface area contributed by atoms with Crippen molar-refractivity contribution in [3.05, 3.63) is 46.2 Å². The fourth-order valence-corrected chi connectivity index (χ4v) is 1.75. The molecule has 1 unspecified atom stereocenters. The predicted octanol–water partition coefficient (Wildman–Crippen LogP) is 1.84. The van der Waals surface area contributed by atoms with Crippen molar-refractivity contribution in [2.75, 3.05) is 5.73 Å². The van der Waals surface area contributed by atoms with E-state index in [9.17, 15) is 5.11 Å². The van der Waals surface area contributed by atoms with Crippen molar-refractivity contribution < 1.29 is 5.11 Å². The number of aromatic amines is 1. The first-order chi connectivity index (χ1) is 7.18. The highest BCUT2D eigenvalue weighted by Crippen LogP contribution is 2.27. The van der Waals surface area contributed by atoms with E-state index >= 15 is 0 Å². The van der Waals surface area contributed by atoms with Crippen LogP contribution in [0.15, 0.2) is 34.9 Å². The van der Waals surface area contributed by atoms with E-state index < -0.39 is 6.10 Å². The highest BCUT2D eigenvalue weighted by atomic mass is 79.9. The molecular formula is C10H10BrN3O. The van der Waals surface area contributed by atoms with Gasteiger partial charge in [-0.1, -0.05) is 15.9 Å². The molecule has 1 aromatic heterocycles. The largest absolute Gasteiger partial charge is 0.398 e. The molecule has 0 aliphatic rings. The molecule has 4 nitrogen and oxygen atoms in total. The lowest BCUT2D eigenvalue weighted by atomic mass is 10.1. The first-order valence-electron chi connectivity index (χ1n) is 4.41.